The summed E-state index contributed by atoms with van der Waals surface area (Å²) in [5.74, 6) is -0.268. The van der Waals surface area contributed by atoms with E-state index in [0.29, 0.717) is 11.6 Å². The molecule has 1 aliphatic carbocycles. The van der Waals surface area contributed by atoms with Crippen LogP contribution in [0.15, 0.2) is 41.7 Å². The van der Waals surface area contributed by atoms with Crippen LogP contribution in [0, 0.1) is 5.41 Å². The lowest BCUT2D eigenvalue weighted by Gasteiger charge is -2.07. The molecule has 0 aromatic carbocycles. The van der Waals surface area contributed by atoms with E-state index in [1.165, 1.54) is 48.5 Å². The van der Waals surface area contributed by atoms with Gasteiger partial charge in [0.25, 0.3) is 11.8 Å². The van der Waals surface area contributed by atoms with Crippen molar-refractivity contribution in [3.63, 3.8) is 0 Å². The Morgan fingerprint density at radius 2 is 2.21 bits per heavy atom. The van der Waals surface area contributed by atoms with Gasteiger partial charge in [-0.05, 0) is 61.4 Å². The van der Waals surface area contributed by atoms with Gasteiger partial charge in [0, 0.05) is 19.0 Å². The minimum absolute atomic E-state index is 0.0239. The fourth-order valence-electron chi connectivity index (χ4n) is 3.14. The molecule has 1 saturated carbocycles. The number of pyridine rings is 1. The first-order valence-corrected chi connectivity index (χ1v) is 10.7. The average molecular weight is 455 g/mol. The number of nitrogens with two attached hydrogens (primary N) is 1. The maximum absolute atomic E-state index is 14.2. The number of nitrogens with zero attached hydrogens (tertiary/aromatic N) is 5. The van der Waals surface area contributed by atoms with Crippen molar-refractivity contribution in [1.82, 2.24) is 25.3 Å². The van der Waals surface area contributed by atoms with Crippen LogP contribution in [0.25, 0.3) is 0 Å². The monoisotopic (exact) mass is 454 g/mol. The van der Waals surface area contributed by atoms with Crippen LogP contribution in [-0.4, -0.2) is 56.6 Å². The third-order valence-electron chi connectivity index (χ3n) is 5.04. The van der Waals surface area contributed by atoms with Gasteiger partial charge in [0.1, 0.15) is 12.0 Å². The van der Waals surface area contributed by atoms with Crippen LogP contribution in [0.4, 0.5) is 4.39 Å². The molecule has 0 bridgehead atoms. The molecule has 0 saturated heterocycles. The lowest BCUT2D eigenvalue weighted by atomic mass is 10.1. The van der Waals surface area contributed by atoms with E-state index in [9.17, 15) is 14.0 Å². The quantitative estimate of drug-likeness (QED) is 0.347. The number of amides is 2. The molecule has 0 aliphatic heterocycles. The van der Waals surface area contributed by atoms with Crippen molar-refractivity contribution in [2.24, 2.45) is 10.7 Å². The fraction of sp³-hybridized carbons (Fsp3) is 0.409. The second kappa shape index (κ2) is 11.2. The van der Waals surface area contributed by atoms with Crippen LogP contribution in [0.1, 0.15) is 53.3 Å². The minimum Gasteiger partial charge on any atom is -0.384 e. The Morgan fingerprint density at radius 1 is 1.42 bits per heavy atom. The zero-order valence-electron chi connectivity index (χ0n) is 18.4. The third kappa shape index (κ3) is 7.70. The topological polar surface area (TPSA) is 152 Å². The second-order valence-corrected chi connectivity index (χ2v) is 7.86. The molecule has 33 heavy (non-hydrogen) atoms. The summed E-state index contributed by atoms with van der Waals surface area (Å²) in [7, 11) is 1.47. The van der Waals surface area contributed by atoms with Crippen LogP contribution in [0.5, 0.6) is 0 Å². The number of rotatable bonds is 11. The number of hydrogen-bond acceptors (Lipinski definition) is 6. The van der Waals surface area contributed by atoms with E-state index >= 15 is 0 Å². The molecule has 1 aliphatic rings. The van der Waals surface area contributed by atoms with Crippen LogP contribution >= 0.6 is 0 Å². The molecule has 2 aromatic heterocycles. The number of carbonyl (C=O) groups is 2. The number of carbonyl (C=O) groups excluding carboxylic acids is 2. The highest BCUT2D eigenvalue weighted by atomic mass is 19.1. The first-order chi connectivity index (χ1) is 15.8. The maximum Gasteiger partial charge on any atom is 0.273 e. The molecule has 4 N–H and O–H groups in total. The van der Waals surface area contributed by atoms with Gasteiger partial charge >= 0.3 is 0 Å². The average Bonchev–Trinajstić information content (AvgIpc) is 3.55. The Morgan fingerprint density at radius 3 is 2.94 bits per heavy atom. The molecule has 0 spiro atoms. The lowest BCUT2D eigenvalue weighted by molar-refractivity contribution is -0.117. The Kier molecular flexibility index (Phi) is 8.11. The molecule has 3 rings (SSSR count). The van der Waals surface area contributed by atoms with Gasteiger partial charge in [-0.25, -0.2) is 9.07 Å². The summed E-state index contributed by atoms with van der Waals surface area (Å²) in [4.78, 5) is 31.6. The highest BCUT2D eigenvalue weighted by Gasteiger charge is 2.23. The molecule has 2 heterocycles. The summed E-state index contributed by atoms with van der Waals surface area (Å²) in [6.45, 7) is -0.0743. The summed E-state index contributed by atoms with van der Waals surface area (Å²) in [5.41, 5.74) is 7.86. The Labute approximate surface area is 190 Å². The van der Waals surface area contributed by atoms with Crippen LogP contribution < -0.4 is 11.1 Å². The molecular weight excluding hydrogens is 427 g/mol. The van der Waals surface area contributed by atoms with Gasteiger partial charge in [-0.2, -0.15) is 4.99 Å². The maximum atomic E-state index is 14.2. The Bertz CT molecular complexity index is 1070. The summed E-state index contributed by atoms with van der Waals surface area (Å²) >= 11 is 0. The molecule has 0 unspecified atom stereocenters. The molecule has 174 valence electrons. The van der Waals surface area contributed by atoms with Crippen molar-refractivity contribution in [3.05, 3.63) is 53.6 Å². The highest BCUT2D eigenvalue weighted by Crippen LogP contribution is 2.39. The first-order valence-electron chi connectivity index (χ1n) is 10.7. The predicted molar refractivity (Wildman–Crippen MR) is 121 cm³/mol. The predicted octanol–water partition coefficient (Wildman–Crippen LogP) is 1.73. The number of hydrogen-bond donors (Lipinski definition) is 3. The van der Waals surface area contributed by atoms with Gasteiger partial charge in [-0.1, -0.05) is 5.21 Å². The normalized spacial score (nSPS) is 14.9. The van der Waals surface area contributed by atoms with Crippen molar-refractivity contribution in [1.29, 1.82) is 5.41 Å². The third-order valence-corrected chi connectivity index (χ3v) is 5.04. The first kappa shape index (κ1) is 23.9. The minimum atomic E-state index is -1.27. The molecule has 10 nitrogen and oxygen atoms in total. The largest absolute Gasteiger partial charge is 0.384 e. The molecule has 1 fully saturated rings. The SMILES string of the molecule is CNC(=O)c1cn(C[C@H](F)CCC(=N)/C=C\C(N)=NC(=O)Cc2cc(C3CC3)ccn2)nn1. The summed E-state index contributed by atoms with van der Waals surface area (Å²) in [6, 6.07) is 3.90. The molecule has 1 atom stereocenters. The van der Waals surface area contributed by atoms with Gasteiger partial charge < -0.3 is 16.5 Å². The Hall–Kier alpha value is -3.76. The van der Waals surface area contributed by atoms with Crippen molar-refractivity contribution in [3.8, 4) is 0 Å². The van der Waals surface area contributed by atoms with Crippen molar-refractivity contribution < 1.29 is 14.0 Å². The van der Waals surface area contributed by atoms with E-state index in [4.69, 9.17) is 11.1 Å². The number of amidine groups is 1. The molecule has 0 radical (unpaired) electrons. The smallest absolute Gasteiger partial charge is 0.273 e. The van der Waals surface area contributed by atoms with E-state index in [1.54, 1.807) is 6.20 Å². The zero-order valence-corrected chi connectivity index (χ0v) is 18.4. The summed E-state index contributed by atoms with van der Waals surface area (Å²) < 4.78 is 15.4. The van der Waals surface area contributed by atoms with E-state index in [0.717, 1.165) is 0 Å². The number of allylic oxidation sites excluding steroid dienone is 1. The van der Waals surface area contributed by atoms with Crippen molar-refractivity contribution >= 4 is 23.4 Å². The van der Waals surface area contributed by atoms with E-state index in [2.05, 4.69) is 25.6 Å². The van der Waals surface area contributed by atoms with Crippen LogP contribution in [0.2, 0.25) is 0 Å². The van der Waals surface area contributed by atoms with Gasteiger partial charge in [-0.3, -0.25) is 14.6 Å². The molecule has 2 amide bonds. The van der Waals surface area contributed by atoms with E-state index in [1.807, 2.05) is 12.1 Å². The summed E-state index contributed by atoms with van der Waals surface area (Å²) in [5, 5.41) is 17.7. The summed E-state index contributed by atoms with van der Waals surface area (Å²) in [6.07, 6.45) is 7.17. The van der Waals surface area contributed by atoms with Gasteiger partial charge in [0.15, 0.2) is 5.69 Å². The Balaban J connectivity index is 1.41. The number of aromatic nitrogens is 4. The fourth-order valence-corrected chi connectivity index (χ4v) is 3.14. The van der Waals surface area contributed by atoms with E-state index in [-0.39, 0.29) is 43.0 Å². The van der Waals surface area contributed by atoms with Crippen LogP contribution in [-0.2, 0) is 17.8 Å². The molecule has 2 aromatic rings. The lowest BCUT2D eigenvalue weighted by Crippen LogP contribution is -2.18. The number of alkyl halides is 1. The highest BCUT2D eigenvalue weighted by molar-refractivity contribution is 6.04. The zero-order chi connectivity index (χ0) is 23.8. The van der Waals surface area contributed by atoms with Gasteiger partial charge in [0.2, 0.25) is 0 Å². The molecule has 11 heteroatoms. The number of halogens is 1. The van der Waals surface area contributed by atoms with Gasteiger partial charge in [-0.15, -0.1) is 5.10 Å². The standard InChI is InChI=1S/C22H27FN8O2/c1-26-22(33)19-13-31(30-29-19)12-16(23)4-5-17(24)6-7-20(25)28-21(32)11-18-10-15(8-9-27-18)14-2-3-14/h6-10,13-14,16,24H,2-5,11-12H2,1H3,(H,26,33)(H2,25,28,32)/b7-6-,24-17?/t16-/m1/s1. The van der Waals surface area contributed by atoms with E-state index < -0.39 is 18.0 Å². The van der Waals surface area contributed by atoms with Crippen molar-refractivity contribution in [2.45, 2.75) is 50.7 Å². The van der Waals surface area contributed by atoms with Gasteiger partial charge in [0.05, 0.1) is 24.9 Å². The number of nitrogens with one attached hydrogen (secondary N) is 2. The second-order valence-electron chi connectivity index (χ2n) is 7.86. The number of aliphatic imine (C=N–C) groups is 1. The van der Waals surface area contributed by atoms with Crippen molar-refractivity contribution in [2.75, 3.05) is 7.05 Å². The van der Waals surface area contributed by atoms with Crippen LogP contribution in [0.3, 0.4) is 0 Å². The molecular formula is C22H27FN8O2.